The standard InChI is InChI=1S/C42H44F3N5O8/c1-49(17-4-18-58-30-13-14-31-32(22-30)41(56)50(40(31)55)34-15-16-36(51)48-39(34)54)37(52)20-26-5-3-6-27(19-26)23-47-38(53)33-21-28(35(57-2)24-46-33)10-7-25-8-11-29(12-9-25)42(43,44)45/h3,5-7,10,13-14,19,21-22,24-25,29,34H,4,8-9,11-12,15-18,20,23H2,1-2H3,(H,47,53)(H,48,51,54). The number of amides is 6. The number of rotatable bonds is 14. The van der Waals surface area contributed by atoms with E-state index >= 15 is 0 Å². The predicted octanol–water partition coefficient (Wildman–Crippen LogP) is 5.27. The zero-order valence-electron chi connectivity index (χ0n) is 32.1. The lowest BCUT2D eigenvalue weighted by Gasteiger charge is -2.28. The Labute approximate surface area is 332 Å². The predicted molar refractivity (Wildman–Crippen MR) is 204 cm³/mol. The van der Waals surface area contributed by atoms with Crippen LogP contribution in [0.5, 0.6) is 11.5 Å². The first-order chi connectivity index (χ1) is 27.7. The summed E-state index contributed by atoms with van der Waals surface area (Å²) in [5, 5.41) is 5.02. The molecule has 1 saturated carbocycles. The molecule has 306 valence electrons. The second-order valence-corrected chi connectivity index (χ2v) is 14.7. The van der Waals surface area contributed by atoms with Crippen molar-refractivity contribution >= 4 is 41.5 Å². The summed E-state index contributed by atoms with van der Waals surface area (Å²) in [4.78, 5) is 82.7. The minimum atomic E-state index is -4.17. The van der Waals surface area contributed by atoms with Crippen LogP contribution in [0.4, 0.5) is 13.2 Å². The summed E-state index contributed by atoms with van der Waals surface area (Å²) in [7, 11) is 3.15. The van der Waals surface area contributed by atoms with Crippen LogP contribution in [0.25, 0.3) is 6.08 Å². The van der Waals surface area contributed by atoms with Crippen LogP contribution in [0.3, 0.4) is 0 Å². The van der Waals surface area contributed by atoms with E-state index in [0.717, 1.165) is 16.0 Å². The number of hydrogen-bond donors (Lipinski definition) is 2. The number of carbonyl (C=O) groups excluding carboxylic acids is 6. The van der Waals surface area contributed by atoms with Crippen molar-refractivity contribution in [2.75, 3.05) is 27.3 Å². The van der Waals surface area contributed by atoms with Crippen molar-refractivity contribution in [3.63, 3.8) is 0 Å². The zero-order valence-corrected chi connectivity index (χ0v) is 32.1. The topological polar surface area (TPSA) is 164 Å². The van der Waals surface area contributed by atoms with Gasteiger partial charge in [-0.25, -0.2) is 4.98 Å². The maximum absolute atomic E-state index is 13.1. The van der Waals surface area contributed by atoms with Gasteiger partial charge in [0.1, 0.15) is 23.2 Å². The van der Waals surface area contributed by atoms with Crippen molar-refractivity contribution in [1.29, 1.82) is 0 Å². The number of pyridine rings is 1. The Morgan fingerprint density at radius 3 is 2.45 bits per heavy atom. The molecule has 2 aromatic carbocycles. The van der Waals surface area contributed by atoms with Gasteiger partial charge in [0.2, 0.25) is 17.7 Å². The van der Waals surface area contributed by atoms with Gasteiger partial charge in [0.15, 0.2) is 0 Å². The first kappa shape index (κ1) is 41.6. The number of hydrogen-bond acceptors (Lipinski definition) is 9. The number of aromatic nitrogens is 1. The molecule has 0 bridgehead atoms. The van der Waals surface area contributed by atoms with Crippen LogP contribution < -0.4 is 20.1 Å². The van der Waals surface area contributed by atoms with Crippen molar-refractivity contribution in [3.05, 3.63) is 94.3 Å². The third kappa shape index (κ3) is 9.90. The summed E-state index contributed by atoms with van der Waals surface area (Å²) in [6.07, 6.45) is 2.64. The Balaban J connectivity index is 0.948. The van der Waals surface area contributed by atoms with Crippen molar-refractivity contribution < 1.29 is 51.4 Å². The molecule has 3 aromatic rings. The van der Waals surface area contributed by atoms with Gasteiger partial charge in [-0.1, -0.05) is 36.4 Å². The number of imide groups is 2. The van der Waals surface area contributed by atoms with Crippen molar-refractivity contribution in [2.24, 2.45) is 11.8 Å². The maximum atomic E-state index is 13.1. The average molecular weight is 804 g/mol. The van der Waals surface area contributed by atoms with E-state index in [4.69, 9.17) is 9.47 Å². The number of halogens is 3. The number of nitrogens with one attached hydrogen (secondary N) is 2. The van der Waals surface area contributed by atoms with E-state index in [1.165, 1.54) is 25.4 Å². The molecule has 1 aromatic heterocycles. The van der Waals surface area contributed by atoms with Crippen molar-refractivity contribution in [3.8, 4) is 11.5 Å². The highest BCUT2D eigenvalue weighted by molar-refractivity contribution is 6.23. The number of nitrogens with zero attached hydrogens (tertiary/aromatic N) is 3. The molecule has 3 aliphatic rings. The van der Waals surface area contributed by atoms with Crippen molar-refractivity contribution in [2.45, 2.75) is 70.1 Å². The van der Waals surface area contributed by atoms with Gasteiger partial charge >= 0.3 is 6.18 Å². The van der Waals surface area contributed by atoms with Crippen LogP contribution in [0.1, 0.15) is 92.8 Å². The van der Waals surface area contributed by atoms with Crippen LogP contribution in [-0.4, -0.2) is 89.8 Å². The molecule has 1 atom stereocenters. The Morgan fingerprint density at radius 2 is 1.72 bits per heavy atom. The minimum Gasteiger partial charge on any atom is -0.495 e. The Hall–Kier alpha value is -6.06. The number of fused-ring (bicyclic) bond motifs is 1. The second kappa shape index (κ2) is 18.0. The van der Waals surface area contributed by atoms with Gasteiger partial charge in [-0.3, -0.25) is 39.0 Å². The van der Waals surface area contributed by atoms with Crippen LogP contribution in [-0.2, 0) is 27.3 Å². The average Bonchev–Trinajstić information content (AvgIpc) is 3.45. The summed E-state index contributed by atoms with van der Waals surface area (Å²) in [6, 6.07) is 12.3. The molecule has 2 fully saturated rings. The lowest BCUT2D eigenvalue weighted by Crippen LogP contribution is -2.54. The monoisotopic (exact) mass is 803 g/mol. The Bertz CT molecular complexity index is 2110. The number of methoxy groups -OCH3 is 1. The quantitative estimate of drug-likeness (QED) is 0.163. The number of benzene rings is 2. The fraction of sp³-hybridized carbons (Fsp3) is 0.405. The lowest BCUT2D eigenvalue weighted by molar-refractivity contribution is -0.183. The normalized spacial score (nSPS) is 19.5. The largest absolute Gasteiger partial charge is 0.495 e. The molecule has 6 rings (SSSR count). The SMILES string of the molecule is COc1cnc(C(=O)NCc2cccc(CC(=O)N(C)CCCOc3ccc4c(c3)C(=O)N(C3CCC(=O)NC3=O)C4=O)c2)cc1C=CC1CCC(C(F)(F)F)CC1. The first-order valence-electron chi connectivity index (χ1n) is 19.1. The zero-order chi connectivity index (χ0) is 41.6. The molecule has 1 saturated heterocycles. The molecule has 16 heteroatoms. The smallest absolute Gasteiger partial charge is 0.391 e. The Morgan fingerprint density at radius 1 is 0.983 bits per heavy atom. The fourth-order valence-electron chi connectivity index (χ4n) is 7.35. The molecule has 1 unspecified atom stereocenters. The summed E-state index contributed by atoms with van der Waals surface area (Å²) in [5.41, 5.74) is 2.53. The van der Waals surface area contributed by atoms with Crippen LogP contribution in [0, 0.1) is 11.8 Å². The number of allylic oxidation sites excluding steroid dienone is 1. The highest BCUT2D eigenvalue weighted by Crippen LogP contribution is 2.40. The fourth-order valence-corrected chi connectivity index (χ4v) is 7.35. The van der Waals surface area contributed by atoms with Gasteiger partial charge in [-0.2, -0.15) is 13.2 Å². The number of alkyl halides is 3. The summed E-state index contributed by atoms with van der Waals surface area (Å²) in [6.45, 7) is 0.774. The van der Waals surface area contributed by atoms with Crippen LogP contribution in [0.15, 0.2) is 60.8 Å². The molecule has 58 heavy (non-hydrogen) atoms. The van der Waals surface area contributed by atoms with Gasteiger partial charge in [0.05, 0.1) is 43.4 Å². The van der Waals surface area contributed by atoms with E-state index in [-0.39, 0.29) is 73.9 Å². The number of likely N-dealkylation sites (N-methyl/N-ethyl adjacent to an activating group) is 1. The van der Waals surface area contributed by atoms with Crippen molar-refractivity contribution in [1.82, 2.24) is 25.4 Å². The van der Waals surface area contributed by atoms with E-state index in [1.54, 1.807) is 36.2 Å². The number of carbonyl (C=O) groups is 6. The second-order valence-electron chi connectivity index (χ2n) is 14.7. The molecule has 2 aliphatic heterocycles. The third-order valence-corrected chi connectivity index (χ3v) is 10.7. The molecule has 6 amide bonds. The van der Waals surface area contributed by atoms with Gasteiger partial charge in [-0.05, 0) is 79.8 Å². The molecule has 1 aliphatic carbocycles. The highest BCUT2D eigenvalue weighted by atomic mass is 19.4. The maximum Gasteiger partial charge on any atom is 0.391 e. The minimum absolute atomic E-state index is 0.00380. The summed E-state index contributed by atoms with van der Waals surface area (Å²) in [5.74, 6) is -3.40. The molecule has 2 N–H and O–H groups in total. The van der Waals surface area contributed by atoms with E-state index in [2.05, 4.69) is 15.6 Å². The van der Waals surface area contributed by atoms with Gasteiger partial charge < -0.3 is 19.7 Å². The van der Waals surface area contributed by atoms with Crippen LogP contribution in [0.2, 0.25) is 0 Å². The Kier molecular flexibility index (Phi) is 12.9. The number of piperidine rings is 1. The summed E-state index contributed by atoms with van der Waals surface area (Å²) >= 11 is 0. The molecule has 0 spiro atoms. The number of ether oxygens (including phenoxy) is 2. The van der Waals surface area contributed by atoms with Gasteiger partial charge in [0.25, 0.3) is 17.7 Å². The summed E-state index contributed by atoms with van der Waals surface area (Å²) < 4.78 is 50.4. The van der Waals surface area contributed by atoms with E-state index in [9.17, 15) is 41.9 Å². The molecule has 0 radical (unpaired) electrons. The van der Waals surface area contributed by atoms with E-state index in [1.807, 2.05) is 24.3 Å². The van der Waals surface area contributed by atoms with Crippen LogP contribution >= 0.6 is 0 Å². The third-order valence-electron chi connectivity index (χ3n) is 10.7. The van der Waals surface area contributed by atoms with E-state index in [0.29, 0.717) is 42.9 Å². The molecule has 13 nitrogen and oxygen atoms in total. The van der Waals surface area contributed by atoms with Gasteiger partial charge in [-0.15, -0.1) is 0 Å². The highest BCUT2D eigenvalue weighted by Gasteiger charge is 2.45. The van der Waals surface area contributed by atoms with Gasteiger partial charge in [0, 0.05) is 32.1 Å². The first-order valence-corrected chi connectivity index (χ1v) is 19.1. The molecular weight excluding hydrogens is 759 g/mol. The molecule has 3 heterocycles. The lowest BCUT2D eigenvalue weighted by atomic mass is 9.81. The van der Waals surface area contributed by atoms with E-state index < -0.39 is 47.7 Å². The molecular formula is C42H44F3N5O8.